The molecule has 10 heteroatoms. The SMILES string of the molecule is CC(C)CC(C(=O)O)N1C(=O)C2C3CC(C2C1=O)C1C3Sc2[nH]c(=O)sc2[C@@H]1c1ccccc1OCc1ccccc1. The first-order valence-electron chi connectivity index (χ1n) is 14.5. The summed E-state index contributed by atoms with van der Waals surface area (Å²) < 4.78 is 6.38. The number of aliphatic carboxylic acids is 1. The Kier molecular flexibility index (Phi) is 6.81. The van der Waals surface area contributed by atoms with E-state index in [1.165, 1.54) is 11.3 Å². The predicted molar refractivity (Wildman–Crippen MR) is 158 cm³/mol. The monoisotopic (exact) mass is 604 g/mol. The Morgan fingerprint density at radius 3 is 2.43 bits per heavy atom. The number of nitrogens with zero attached hydrogens (tertiary/aromatic N) is 1. The van der Waals surface area contributed by atoms with Crippen LogP contribution in [0.1, 0.15) is 48.6 Å². The zero-order valence-corrected chi connectivity index (χ0v) is 24.9. The number of carbonyl (C=O) groups excluding carboxylic acids is 2. The third-order valence-electron chi connectivity index (χ3n) is 9.54. The molecule has 8 atom stereocenters. The van der Waals surface area contributed by atoms with Gasteiger partial charge in [0.1, 0.15) is 18.4 Å². The van der Waals surface area contributed by atoms with Gasteiger partial charge >= 0.3 is 10.8 Å². The second kappa shape index (κ2) is 10.4. The molecule has 8 nitrogen and oxygen atoms in total. The van der Waals surface area contributed by atoms with E-state index in [0.717, 1.165) is 38.1 Å². The first-order valence-corrected chi connectivity index (χ1v) is 16.2. The number of carbonyl (C=O) groups is 3. The van der Waals surface area contributed by atoms with E-state index in [2.05, 4.69) is 4.98 Å². The number of likely N-dealkylation sites (tertiary alicyclic amines) is 1. The van der Waals surface area contributed by atoms with E-state index in [-0.39, 0.29) is 57.9 Å². The van der Waals surface area contributed by atoms with Crippen molar-refractivity contribution >= 4 is 40.9 Å². The van der Waals surface area contributed by atoms with E-state index in [1.54, 1.807) is 11.8 Å². The fourth-order valence-corrected chi connectivity index (χ4v) is 10.9. The molecule has 0 radical (unpaired) electrons. The maximum atomic E-state index is 14.0. The molecule has 2 aromatic carbocycles. The number of benzene rings is 2. The largest absolute Gasteiger partial charge is 0.489 e. The summed E-state index contributed by atoms with van der Waals surface area (Å²) in [5, 5.41) is 10.9. The molecule has 2 saturated carbocycles. The van der Waals surface area contributed by atoms with Gasteiger partial charge in [-0.15, -0.1) is 11.8 Å². The van der Waals surface area contributed by atoms with Crippen LogP contribution in [0.15, 0.2) is 64.4 Å². The summed E-state index contributed by atoms with van der Waals surface area (Å²) in [6.45, 7) is 4.20. The number of ether oxygens (including phenoxy) is 1. The number of aromatic nitrogens is 1. The lowest BCUT2D eigenvalue weighted by atomic mass is 9.68. The molecule has 4 aliphatic rings. The second-order valence-electron chi connectivity index (χ2n) is 12.3. The quantitative estimate of drug-likeness (QED) is 0.348. The van der Waals surface area contributed by atoms with Crippen molar-refractivity contribution in [1.82, 2.24) is 9.88 Å². The van der Waals surface area contributed by atoms with Gasteiger partial charge in [0.2, 0.25) is 11.8 Å². The van der Waals surface area contributed by atoms with Crippen LogP contribution in [0.2, 0.25) is 0 Å². The summed E-state index contributed by atoms with van der Waals surface area (Å²) in [7, 11) is 0. The topological polar surface area (TPSA) is 117 Å². The Hall–Kier alpha value is -3.37. The third-order valence-corrected chi connectivity index (χ3v) is 12.1. The molecule has 1 saturated heterocycles. The van der Waals surface area contributed by atoms with E-state index in [9.17, 15) is 24.3 Å². The highest BCUT2D eigenvalue weighted by Gasteiger charge is 2.70. The molecular formula is C32H32N2O6S2. The number of amides is 2. The highest BCUT2D eigenvalue weighted by atomic mass is 32.2. The molecule has 2 amide bonds. The summed E-state index contributed by atoms with van der Waals surface area (Å²) in [6.07, 6.45) is 0.976. The molecule has 1 aromatic heterocycles. The molecule has 2 N–H and O–H groups in total. The van der Waals surface area contributed by atoms with Crippen molar-refractivity contribution in [1.29, 1.82) is 0 Å². The highest BCUT2D eigenvalue weighted by Crippen LogP contribution is 2.69. The van der Waals surface area contributed by atoms with Gasteiger partial charge in [0.25, 0.3) is 0 Å². The Morgan fingerprint density at radius 2 is 1.71 bits per heavy atom. The van der Waals surface area contributed by atoms with Gasteiger partial charge in [-0.05, 0) is 48.1 Å². The molecule has 7 unspecified atom stereocenters. The highest BCUT2D eigenvalue weighted by molar-refractivity contribution is 8.00. The van der Waals surface area contributed by atoms with E-state index < -0.39 is 23.8 Å². The number of hydrogen-bond acceptors (Lipinski definition) is 7. The molecule has 3 fully saturated rings. The molecule has 3 heterocycles. The van der Waals surface area contributed by atoms with Gasteiger partial charge in [0.05, 0.1) is 16.9 Å². The lowest BCUT2D eigenvalue weighted by Crippen LogP contribution is -2.47. The minimum Gasteiger partial charge on any atom is -0.489 e. The summed E-state index contributed by atoms with van der Waals surface area (Å²) in [5.74, 6) is -2.43. The van der Waals surface area contributed by atoms with Crippen LogP contribution in [0.5, 0.6) is 5.75 Å². The van der Waals surface area contributed by atoms with Crippen molar-refractivity contribution in [3.05, 3.63) is 80.3 Å². The molecule has 2 aliphatic heterocycles. The molecular weight excluding hydrogens is 572 g/mol. The van der Waals surface area contributed by atoms with Gasteiger partial charge in [-0.1, -0.05) is 73.7 Å². The molecule has 7 rings (SSSR count). The molecule has 3 aromatic rings. The first-order chi connectivity index (χ1) is 20.2. The summed E-state index contributed by atoms with van der Waals surface area (Å²) in [4.78, 5) is 57.6. The van der Waals surface area contributed by atoms with Crippen molar-refractivity contribution in [3.63, 3.8) is 0 Å². The predicted octanol–water partition coefficient (Wildman–Crippen LogP) is 4.99. The van der Waals surface area contributed by atoms with Crippen LogP contribution in [0.25, 0.3) is 0 Å². The summed E-state index contributed by atoms with van der Waals surface area (Å²) in [5.41, 5.74) is 2.02. The molecule has 0 spiro atoms. The van der Waals surface area contributed by atoms with Gasteiger partial charge < -0.3 is 14.8 Å². The van der Waals surface area contributed by atoms with Crippen LogP contribution in [0, 0.1) is 35.5 Å². The molecule has 2 bridgehead atoms. The number of aromatic amines is 1. The number of H-pyrrole nitrogens is 1. The molecule has 218 valence electrons. The lowest BCUT2D eigenvalue weighted by molar-refractivity contribution is -0.156. The number of imide groups is 1. The summed E-state index contributed by atoms with van der Waals surface area (Å²) >= 11 is 2.83. The van der Waals surface area contributed by atoms with E-state index in [0.29, 0.717) is 6.61 Å². The maximum Gasteiger partial charge on any atom is 0.326 e. The van der Waals surface area contributed by atoms with Crippen LogP contribution in [-0.2, 0) is 21.0 Å². The maximum absolute atomic E-state index is 14.0. The number of nitrogens with one attached hydrogen (secondary N) is 1. The van der Waals surface area contributed by atoms with E-state index in [4.69, 9.17) is 4.74 Å². The fourth-order valence-electron chi connectivity index (χ4n) is 8.06. The fraction of sp³-hybridized carbons (Fsp3) is 0.438. The van der Waals surface area contributed by atoms with Crippen LogP contribution in [-0.4, -0.2) is 44.1 Å². The van der Waals surface area contributed by atoms with Crippen molar-refractivity contribution in [2.75, 3.05) is 0 Å². The van der Waals surface area contributed by atoms with E-state index in [1.807, 2.05) is 68.4 Å². The lowest BCUT2D eigenvalue weighted by Gasteiger charge is -2.43. The number of rotatable bonds is 8. The minimum atomic E-state index is -1.15. The van der Waals surface area contributed by atoms with E-state index >= 15 is 0 Å². The number of carboxylic acids is 1. The number of hydrogen-bond donors (Lipinski definition) is 2. The number of carboxylic acid groups (broad SMARTS) is 1. The molecule has 2 aliphatic carbocycles. The smallest absolute Gasteiger partial charge is 0.326 e. The normalized spacial score (nSPS) is 29.9. The number of thiazole rings is 1. The van der Waals surface area contributed by atoms with Crippen molar-refractivity contribution < 1.29 is 24.2 Å². The Labute approximate surface area is 251 Å². The van der Waals surface area contributed by atoms with Crippen molar-refractivity contribution in [3.8, 4) is 5.75 Å². The van der Waals surface area contributed by atoms with Gasteiger partial charge in [-0.25, -0.2) is 4.79 Å². The average molecular weight is 605 g/mol. The Bertz CT molecular complexity index is 1620. The van der Waals surface area contributed by atoms with Gasteiger partial charge in [-0.2, -0.15) is 0 Å². The summed E-state index contributed by atoms with van der Waals surface area (Å²) in [6, 6.07) is 16.7. The third kappa shape index (κ3) is 4.25. The Morgan fingerprint density at radius 1 is 1.02 bits per heavy atom. The zero-order valence-electron chi connectivity index (χ0n) is 23.3. The average Bonchev–Trinajstić information content (AvgIpc) is 3.70. The number of thioether (sulfide) groups is 1. The van der Waals surface area contributed by atoms with Crippen LogP contribution in [0.3, 0.4) is 0 Å². The zero-order chi connectivity index (χ0) is 29.3. The van der Waals surface area contributed by atoms with Crippen LogP contribution < -0.4 is 9.61 Å². The molecule has 42 heavy (non-hydrogen) atoms. The standard InChI is InChI=1S/C32H32N2O6S2/c1-15(2)12-20(31(37)38)34-29(35)24-18-13-19(25(24)30(34)36)26-23(18)22(27-28(41-26)33-32(39)42-27)17-10-6-7-11-21(17)40-14-16-8-4-3-5-9-16/h3-11,15,18-20,22-26H,12-14H2,1-2H3,(H,33,39)(H,37,38)/t18?,19?,20?,22-,23?,24?,25?,26?/m1/s1. The number of fused-ring (bicyclic) bond motifs is 9. The van der Waals surface area contributed by atoms with Crippen LogP contribution in [0.4, 0.5) is 0 Å². The van der Waals surface area contributed by atoms with Crippen molar-refractivity contribution in [2.24, 2.45) is 35.5 Å². The number of para-hydroxylation sites is 1. The van der Waals surface area contributed by atoms with Crippen molar-refractivity contribution in [2.45, 2.75) is 55.5 Å². The Balaban J connectivity index is 1.27. The first kappa shape index (κ1) is 27.5. The van der Waals surface area contributed by atoms with Crippen LogP contribution >= 0.6 is 23.1 Å². The second-order valence-corrected chi connectivity index (χ2v) is 14.5. The van der Waals surface area contributed by atoms with Gasteiger partial charge in [0, 0.05) is 21.6 Å². The van der Waals surface area contributed by atoms with Gasteiger partial charge in [0.15, 0.2) is 0 Å². The van der Waals surface area contributed by atoms with Gasteiger partial charge in [-0.3, -0.25) is 19.3 Å². The minimum absolute atomic E-state index is 0.00625.